The van der Waals surface area contributed by atoms with Gasteiger partial charge in [-0.25, -0.2) is 4.79 Å². The van der Waals surface area contributed by atoms with E-state index in [0.717, 1.165) is 16.3 Å². The predicted octanol–water partition coefficient (Wildman–Crippen LogP) is 3.60. The van der Waals surface area contributed by atoms with Crippen molar-refractivity contribution >= 4 is 57.0 Å². The maximum Gasteiger partial charge on any atom is 0.328 e. The van der Waals surface area contributed by atoms with Gasteiger partial charge in [0, 0.05) is 0 Å². The fourth-order valence-corrected chi connectivity index (χ4v) is 4.02. The maximum atomic E-state index is 12.7. The third kappa shape index (κ3) is 2.95. The normalized spacial score (nSPS) is 17.6. The summed E-state index contributed by atoms with van der Waals surface area (Å²) < 4.78 is 5.08. The number of benzene rings is 2. The molecule has 2 aromatic rings. The van der Waals surface area contributed by atoms with E-state index >= 15 is 0 Å². The summed E-state index contributed by atoms with van der Waals surface area (Å²) in [6.07, 6.45) is 1.83. The van der Waals surface area contributed by atoms with Crippen molar-refractivity contribution in [2.45, 2.75) is 13.0 Å². The Morgan fingerprint density at radius 2 is 1.96 bits per heavy atom. The summed E-state index contributed by atoms with van der Waals surface area (Å²) in [5.74, 6) is -0.756. The van der Waals surface area contributed by atoms with Gasteiger partial charge in [0.25, 0.3) is 5.91 Å². The molecule has 1 fully saturated rings. The number of ether oxygens (including phenoxy) is 1. The summed E-state index contributed by atoms with van der Waals surface area (Å²) in [7, 11) is 1.29. The number of carbonyl (C=O) groups excluding carboxylic acids is 2. The highest BCUT2D eigenvalue weighted by Crippen LogP contribution is 2.35. The van der Waals surface area contributed by atoms with Crippen LogP contribution in [0.4, 0.5) is 0 Å². The van der Waals surface area contributed by atoms with Gasteiger partial charge in [0.1, 0.15) is 10.4 Å². The van der Waals surface area contributed by atoms with E-state index in [1.807, 2.05) is 48.5 Å². The van der Waals surface area contributed by atoms with E-state index in [4.69, 9.17) is 17.0 Å². The van der Waals surface area contributed by atoms with Crippen molar-refractivity contribution in [2.75, 3.05) is 7.11 Å². The molecule has 1 aliphatic rings. The monoisotopic (exact) mass is 357 g/mol. The van der Waals surface area contributed by atoms with Gasteiger partial charge in [0.2, 0.25) is 0 Å². The second-order valence-electron chi connectivity index (χ2n) is 5.32. The van der Waals surface area contributed by atoms with Crippen LogP contribution in [-0.2, 0) is 14.3 Å². The third-order valence-electron chi connectivity index (χ3n) is 3.86. The Bertz CT molecular complexity index is 870. The SMILES string of the molecule is COC(=O)C(C)N1C(=O)C(=Cc2cccc3ccccc23)SC1=S. The minimum absolute atomic E-state index is 0.268. The van der Waals surface area contributed by atoms with Gasteiger partial charge < -0.3 is 4.74 Å². The second kappa shape index (κ2) is 6.75. The predicted molar refractivity (Wildman–Crippen MR) is 100 cm³/mol. The van der Waals surface area contributed by atoms with E-state index in [2.05, 4.69) is 0 Å². The summed E-state index contributed by atoms with van der Waals surface area (Å²) in [6, 6.07) is 13.2. The van der Waals surface area contributed by atoms with Crippen LogP contribution in [0.15, 0.2) is 47.4 Å². The lowest BCUT2D eigenvalue weighted by molar-refractivity contribution is -0.147. The molecule has 1 aliphatic heterocycles. The summed E-state index contributed by atoms with van der Waals surface area (Å²) in [5.41, 5.74) is 0.944. The van der Waals surface area contributed by atoms with Crippen molar-refractivity contribution < 1.29 is 14.3 Å². The number of amides is 1. The van der Waals surface area contributed by atoms with Crippen LogP contribution in [-0.4, -0.2) is 34.2 Å². The van der Waals surface area contributed by atoms with E-state index in [1.54, 1.807) is 6.92 Å². The Kier molecular flexibility index (Phi) is 4.69. The first kappa shape index (κ1) is 16.7. The van der Waals surface area contributed by atoms with E-state index in [9.17, 15) is 9.59 Å². The molecule has 1 amide bonds. The first-order valence-corrected chi connectivity index (χ1v) is 8.58. The van der Waals surface area contributed by atoms with Gasteiger partial charge in [-0.05, 0) is 29.3 Å². The Balaban J connectivity index is 1.98. The minimum Gasteiger partial charge on any atom is -0.467 e. The van der Waals surface area contributed by atoms with Crippen LogP contribution in [0.1, 0.15) is 12.5 Å². The average molecular weight is 357 g/mol. The van der Waals surface area contributed by atoms with E-state index in [1.165, 1.54) is 23.8 Å². The van der Waals surface area contributed by atoms with Crippen LogP contribution in [0.5, 0.6) is 0 Å². The molecule has 1 unspecified atom stereocenters. The second-order valence-corrected chi connectivity index (χ2v) is 6.99. The summed E-state index contributed by atoms with van der Waals surface area (Å²) in [4.78, 5) is 26.2. The molecule has 0 bridgehead atoms. The molecule has 0 aromatic heterocycles. The van der Waals surface area contributed by atoms with Crippen LogP contribution in [0.2, 0.25) is 0 Å². The van der Waals surface area contributed by atoms with Gasteiger partial charge in [-0.15, -0.1) is 0 Å². The van der Waals surface area contributed by atoms with E-state index in [-0.39, 0.29) is 5.91 Å². The zero-order valence-corrected chi connectivity index (χ0v) is 14.8. The van der Waals surface area contributed by atoms with Gasteiger partial charge in [0.15, 0.2) is 0 Å². The molecule has 24 heavy (non-hydrogen) atoms. The first-order chi connectivity index (χ1) is 11.5. The fourth-order valence-electron chi connectivity index (χ4n) is 2.61. The minimum atomic E-state index is -0.735. The van der Waals surface area contributed by atoms with Crippen molar-refractivity contribution in [3.05, 3.63) is 52.9 Å². The van der Waals surface area contributed by atoms with Crippen LogP contribution in [0, 0.1) is 0 Å². The fraction of sp³-hybridized carbons (Fsp3) is 0.167. The molecular formula is C18H15NO3S2. The number of rotatable bonds is 3. The van der Waals surface area contributed by atoms with Gasteiger partial charge in [-0.1, -0.05) is 66.4 Å². The summed E-state index contributed by atoms with van der Waals surface area (Å²) in [5, 5.41) is 2.16. The number of hydrogen-bond acceptors (Lipinski definition) is 5. The molecule has 1 heterocycles. The Morgan fingerprint density at radius 3 is 2.71 bits per heavy atom. The molecule has 0 spiro atoms. The highest BCUT2D eigenvalue weighted by atomic mass is 32.2. The molecule has 4 nitrogen and oxygen atoms in total. The molecule has 6 heteroatoms. The maximum absolute atomic E-state index is 12.7. The van der Waals surface area contributed by atoms with E-state index < -0.39 is 12.0 Å². The number of esters is 1. The number of carbonyl (C=O) groups is 2. The third-order valence-corrected chi connectivity index (χ3v) is 5.19. The van der Waals surface area contributed by atoms with Gasteiger partial charge in [-0.2, -0.15) is 0 Å². The topological polar surface area (TPSA) is 46.6 Å². The van der Waals surface area contributed by atoms with Crippen molar-refractivity contribution in [1.29, 1.82) is 0 Å². The first-order valence-electron chi connectivity index (χ1n) is 7.35. The Morgan fingerprint density at radius 1 is 1.25 bits per heavy atom. The highest BCUT2D eigenvalue weighted by Gasteiger charge is 2.38. The van der Waals surface area contributed by atoms with Crippen molar-refractivity contribution in [2.24, 2.45) is 0 Å². The van der Waals surface area contributed by atoms with Crippen LogP contribution in [0.3, 0.4) is 0 Å². The number of nitrogens with zero attached hydrogens (tertiary/aromatic N) is 1. The lowest BCUT2D eigenvalue weighted by Gasteiger charge is -2.20. The lowest BCUT2D eigenvalue weighted by Crippen LogP contribution is -2.42. The molecule has 0 N–H and O–H groups in total. The molecule has 3 rings (SSSR count). The molecular weight excluding hydrogens is 342 g/mol. The quantitative estimate of drug-likeness (QED) is 0.477. The number of fused-ring (bicyclic) bond motifs is 1. The van der Waals surface area contributed by atoms with Gasteiger partial charge in [0.05, 0.1) is 12.0 Å². The molecule has 0 saturated carbocycles. The van der Waals surface area contributed by atoms with Gasteiger partial charge >= 0.3 is 5.97 Å². The van der Waals surface area contributed by atoms with Crippen molar-refractivity contribution in [1.82, 2.24) is 4.90 Å². The summed E-state index contributed by atoms with van der Waals surface area (Å²) in [6.45, 7) is 1.61. The van der Waals surface area contributed by atoms with Gasteiger partial charge in [-0.3, -0.25) is 9.69 Å². The van der Waals surface area contributed by atoms with Crippen LogP contribution < -0.4 is 0 Å². The zero-order chi connectivity index (χ0) is 17.3. The molecule has 1 saturated heterocycles. The molecule has 122 valence electrons. The number of thiocarbonyl (C=S) groups is 1. The smallest absolute Gasteiger partial charge is 0.328 e. The van der Waals surface area contributed by atoms with Crippen LogP contribution >= 0.6 is 24.0 Å². The highest BCUT2D eigenvalue weighted by molar-refractivity contribution is 8.26. The summed E-state index contributed by atoms with van der Waals surface area (Å²) >= 11 is 6.47. The number of methoxy groups -OCH3 is 1. The number of hydrogen-bond donors (Lipinski definition) is 0. The molecule has 1 atom stereocenters. The molecule has 0 aliphatic carbocycles. The van der Waals surface area contributed by atoms with Crippen molar-refractivity contribution in [3.8, 4) is 0 Å². The van der Waals surface area contributed by atoms with Crippen molar-refractivity contribution in [3.63, 3.8) is 0 Å². The van der Waals surface area contributed by atoms with E-state index in [0.29, 0.717) is 9.23 Å². The standard InChI is InChI=1S/C18H15NO3S2/c1-11(17(21)22-2)19-16(20)15(24-18(19)23)10-13-8-5-7-12-6-3-4-9-14(12)13/h3-11H,1-2H3. The Hall–Kier alpha value is -2.18. The Labute approximate surface area is 149 Å². The molecule has 0 radical (unpaired) electrons. The molecule has 2 aromatic carbocycles. The number of thioether (sulfide) groups is 1. The van der Waals surface area contributed by atoms with Crippen LogP contribution in [0.25, 0.3) is 16.8 Å². The zero-order valence-electron chi connectivity index (χ0n) is 13.2. The average Bonchev–Trinajstić information content (AvgIpc) is 2.87. The lowest BCUT2D eigenvalue weighted by atomic mass is 10.0. The largest absolute Gasteiger partial charge is 0.467 e.